The van der Waals surface area contributed by atoms with E-state index in [1.54, 1.807) is 18.0 Å². The van der Waals surface area contributed by atoms with Crippen molar-refractivity contribution in [2.45, 2.75) is 30.5 Å². The van der Waals surface area contributed by atoms with Gasteiger partial charge in [0.1, 0.15) is 5.03 Å². The number of nitrogens with two attached hydrogens (primary N) is 1. The van der Waals surface area contributed by atoms with E-state index in [0.717, 1.165) is 29.2 Å². The van der Waals surface area contributed by atoms with E-state index in [1.807, 2.05) is 12.3 Å². The summed E-state index contributed by atoms with van der Waals surface area (Å²) < 4.78 is 5.81. The average molecular weight is 210 g/mol. The van der Waals surface area contributed by atoms with Crippen LogP contribution in [0.25, 0.3) is 0 Å². The Morgan fingerprint density at radius 1 is 1.64 bits per heavy atom. The molecule has 3 nitrogen and oxygen atoms in total. The fourth-order valence-electron chi connectivity index (χ4n) is 1.25. The van der Waals surface area contributed by atoms with Crippen molar-refractivity contribution in [2.75, 3.05) is 6.26 Å². The Bertz CT molecular complexity index is 304. The Labute approximate surface area is 88.0 Å². The van der Waals surface area contributed by atoms with Crippen LogP contribution in [0.15, 0.2) is 17.3 Å². The molecule has 0 aliphatic heterocycles. The van der Waals surface area contributed by atoms with Gasteiger partial charge in [0.05, 0.1) is 6.10 Å². The highest BCUT2D eigenvalue weighted by molar-refractivity contribution is 7.98. The van der Waals surface area contributed by atoms with Crippen molar-refractivity contribution >= 4 is 11.8 Å². The van der Waals surface area contributed by atoms with Gasteiger partial charge in [-0.05, 0) is 25.2 Å². The zero-order valence-corrected chi connectivity index (χ0v) is 9.01. The summed E-state index contributed by atoms with van der Waals surface area (Å²) in [7, 11) is 0. The Morgan fingerprint density at radius 2 is 2.43 bits per heavy atom. The van der Waals surface area contributed by atoms with Crippen LogP contribution in [-0.4, -0.2) is 17.3 Å². The maximum absolute atomic E-state index is 5.81. The molecule has 0 bridgehead atoms. The van der Waals surface area contributed by atoms with Gasteiger partial charge in [0, 0.05) is 18.3 Å². The summed E-state index contributed by atoms with van der Waals surface area (Å²) in [6, 6.07) is 1.93. The van der Waals surface area contributed by atoms with Crippen LogP contribution in [0.1, 0.15) is 18.4 Å². The maximum atomic E-state index is 5.81. The highest BCUT2D eigenvalue weighted by Gasteiger charge is 2.25. The van der Waals surface area contributed by atoms with Crippen LogP contribution >= 0.6 is 11.8 Å². The molecule has 1 aliphatic rings. The van der Waals surface area contributed by atoms with Crippen molar-refractivity contribution in [1.29, 1.82) is 0 Å². The third kappa shape index (κ3) is 2.01. The fourth-order valence-corrected chi connectivity index (χ4v) is 1.78. The molecule has 0 unspecified atom stereocenters. The molecule has 1 saturated carbocycles. The number of ether oxygens (including phenoxy) is 1. The van der Waals surface area contributed by atoms with E-state index in [2.05, 4.69) is 4.98 Å². The third-order valence-electron chi connectivity index (χ3n) is 2.18. The van der Waals surface area contributed by atoms with Crippen LogP contribution in [-0.2, 0) is 6.54 Å². The van der Waals surface area contributed by atoms with Crippen molar-refractivity contribution in [3.05, 3.63) is 17.8 Å². The molecule has 4 heteroatoms. The summed E-state index contributed by atoms with van der Waals surface area (Å²) in [5.41, 5.74) is 6.71. The van der Waals surface area contributed by atoms with Crippen molar-refractivity contribution in [1.82, 2.24) is 4.98 Å². The zero-order chi connectivity index (χ0) is 9.97. The second kappa shape index (κ2) is 4.19. The molecule has 2 rings (SSSR count). The van der Waals surface area contributed by atoms with Crippen LogP contribution in [0.3, 0.4) is 0 Å². The van der Waals surface area contributed by atoms with Gasteiger partial charge in [0.15, 0.2) is 5.75 Å². The number of hydrogen-bond donors (Lipinski definition) is 1. The minimum Gasteiger partial charge on any atom is -0.487 e. The molecule has 1 aromatic heterocycles. The van der Waals surface area contributed by atoms with E-state index < -0.39 is 0 Å². The van der Waals surface area contributed by atoms with Gasteiger partial charge in [-0.15, -0.1) is 11.8 Å². The van der Waals surface area contributed by atoms with Gasteiger partial charge in [-0.3, -0.25) is 0 Å². The zero-order valence-electron chi connectivity index (χ0n) is 8.19. The minimum absolute atomic E-state index is 0.399. The maximum Gasteiger partial charge on any atom is 0.156 e. The van der Waals surface area contributed by atoms with Crippen molar-refractivity contribution in [2.24, 2.45) is 5.73 Å². The fraction of sp³-hybridized carbons (Fsp3) is 0.500. The summed E-state index contributed by atoms with van der Waals surface area (Å²) in [5.74, 6) is 0.894. The predicted molar refractivity (Wildman–Crippen MR) is 57.6 cm³/mol. The smallest absolute Gasteiger partial charge is 0.156 e. The minimum atomic E-state index is 0.399. The second-order valence-corrected chi connectivity index (χ2v) is 4.12. The molecule has 0 radical (unpaired) electrons. The molecule has 0 spiro atoms. The summed E-state index contributed by atoms with van der Waals surface area (Å²) in [6.45, 7) is 0.512. The van der Waals surface area contributed by atoms with Crippen LogP contribution < -0.4 is 10.5 Å². The van der Waals surface area contributed by atoms with Crippen LogP contribution in [0.5, 0.6) is 5.75 Å². The van der Waals surface area contributed by atoms with Crippen molar-refractivity contribution < 1.29 is 4.74 Å². The first-order chi connectivity index (χ1) is 6.85. The molecular formula is C10H14N2OS. The number of pyridine rings is 1. The molecule has 1 fully saturated rings. The molecule has 0 saturated heterocycles. The van der Waals surface area contributed by atoms with E-state index >= 15 is 0 Å². The third-order valence-corrected chi connectivity index (χ3v) is 2.85. The summed E-state index contributed by atoms with van der Waals surface area (Å²) in [5, 5.41) is 0.944. The first-order valence-corrected chi connectivity index (χ1v) is 5.96. The number of aromatic nitrogens is 1. The highest BCUT2D eigenvalue weighted by atomic mass is 32.2. The average Bonchev–Trinajstić information content (AvgIpc) is 3.02. The molecular weight excluding hydrogens is 196 g/mol. The van der Waals surface area contributed by atoms with Gasteiger partial charge >= 0.3 is 0 Å². The Balaban J connectivity index is 2.29. The standard InChI is InChI=1S/C10H14N2OS/c1-14-10-9(13-8-2-3-8)7(6-11)4-5-12-10/h4-5,8H,2-3,6,11H2,1H3. The van der Waals surface area contributed by atoms with E-state index in [9.17, 15) is 0 Å². The molecule has 76 valence electrons. The molecule has 14 heavy (non-hydrogen) atoms. The van der Waals surface area contributed by atoms with E-state index in [1.165, 1.54) is 0 Å². The lowest BCUT2D eigenvalue weighted by molar-refractivity contribution is 0.290. The number of hydrogen-bond acceptors (Lipinski definition) is 4. The first-order valence-electron chi connectivity index (χ1n) is 4.73. The molecule has 0 atom stereocenters. The normalized spacial score (nSPS) is 15.6. The summed E-state index contributed by atoms with van der Waals surface area (Å²) in [4.78, 5) is 4.27. The van der Waals surface area contributed by atoms with Gasteiger partial charge in [-0.2, -0.15) is 0 Å². The Morgan fingerprint density at radius 3 is 3.00 bits per heavy atom. The molecule has 2 N–H and O–H groups in total. The SMILES string of the molecule is CSc1nccc(CN)c1OC1CC1. The van der Waals surface area contributed by atoms with E-state index in [4.69, 9.17) is 10.5 Å². The van der Waals surface area contributed by atoms with Gasteiger partial charge < -0.3 is 10.5 Å². The quantitative estimate of drug-likeness (QED) is 0.770. The molecule has 1 heterocycles. The Hall–Kier alpha value is -0.740. The second-order valence-electron chi connectivity index (χ2n) is 3.33. The largest absolute Gasteiger partial charge is 0.487 e. The van der Waals surface area contributed by atoms with Crippen LogP contribution in [0.4, 0.5) is 0 Å². The molecule has 1 aromatic rings. The van der Waals surface area contributed by atoms with Gasteiger partial charge in [0.2, 0.25) is 0 Å². The topological polar surface area (TPSA) is 48.1 Å². The lowest BCUT2D eigenvalue weighted by atomic mass is 10.2. The van der Waals surface area contributed by atoms with E-state index in [0.29, 0.717) is 12.6 Å². The molecule has 1 aliphatic carbocycles. The molecule has 0 amide bonds. The summed E-state index contributed by atoms with van der Waals surface area (Å²) >= 11 is 1.60. The predicted octanol–water partition coefficient (Wildman–Crippen LogP) is 1.80. The van der Waals surface area contributed by atoms with Gasteiger partial charge in [0.25, 0.3) is 0 Å². The number of thioether (sulfide) groups is 1. The number of nitrogens with zero attached hydrogens (tertiary/aromatic N) is 1. The lowest BCUT2D eigenvalue weighted by Crippen LogP contribution is -2.05. The van der Waals surface area contributed by atoms with Gasteiger partial charge in [-0.1, -0.05) is 0 Å². The first kappa shape index (κ1) is 9.80. The Kier molecular flexibility index (Phi) is 2.93. The van der Waals surface area contributed by atoms with Crippen LogP contribution in [0.2, 0.25) is 0 Å². The van der Waals surface area contributed by atoms with Crippen molar-refractivity contribution in [3.8, 4) is 5.75 Å². The highest BCUT2D eigenvalue weighted by Crippen LogP contribution is 2.34. The van der Waals surface area contributed by atoms with Crippen molar-refractivity contribution in [3.63, 3.8) is 0 Å². The lowest BCUT2D eigenvalue weighted by Gasteiger charge is -2.12. The summed E-state index contributed by atoms with van der Waals surface area (Å²) in [6.07, 6.45) is 6.51. The van der Waals surface area contributed by atoms with E-state index in [-0.39, 0.29) is 0 Å². The number of rotatable bonds is 4. The molecule has 0 aromatic carbocycles. The van der Waals surface area contributed by atoms with Crippen LogP contribution in [0, 0.1) is 0 Å². The van der Waals surface area contributed by atoms with Gasteiger partial charge in [-0.25, -0.2) is 4.98 Å². The monoisotopic (exact) mass is 210 g/mol.